The van der Waals surface area contributed by atoms with Gasteiger partial charge in [0, 0.05) is 23.7 Å². The van der Waals surface area contributed by atoms with E-state index >= 15 is 0 Å². The van der Waals surface area contributed by atoms with Gasteiger partial charge in [0.2, 0.25) is 0 Å². The van der Waals surface area contributed by atoms with Crippen molar-refractivity contribution >= 4 is 50.5 Å². The third kappa shape index (κ3) is 5.56. The highest BCUT2D eigenvalue weighted by Crippen LogP contribution is 2.25. The van der Waals surface area contributed by atoms with E-state index in [2.05, 4.69) is 10.0 Å². The summed E-state index contributed by atoms with van der Waals surface area (Å²) in [5, 5.41) is 13.8. The number of benzene rings is 3. The summed E-state index contributed by atoms with van der Waals surface area (Å²) in [7, 11) is -4.01. The molecule has 0 saturated heterocycles. The predicted octanol–water partition coefficient (Wildman–Crippen LogP) is 4.94. The highest BCUT2D eigenvalue weighted by Gasteiger charge is 2.19. The number of hydrogen-bond donors (Lipinski definition) is 2. The molecule has 0 heterocycles. The van der Waals surface area contributed by atoms with E-state index in [1.807, 2.05) is 0 Å². The lowest BCUT2D eigenvalue weighted by Crippen LogP contribution is -2.23. The molecule has 3 aromatic carbocycles. The molecular weight excluding hydrogens is 477 g/mol. The van der Waals surface area contributed by atoms with Crippen molar-refractivity contribution in [2.75, 3.05) is 4.72 Å². The van der Waals surface area contributed by atoms with Crippen LogP contribution in [0, 0.1) is 17.0 Å². The van der Waals surface area contributed by atoms with Crippen molar-refractivity contribution < 1.29 is 18.1 Å². The Morgan fingerprint density at radius 1 is 1.00 bits per heavy atom. The van der Waals surface area contributed by atoms with Gasteiger partial charge in [0.15, 0.2) is 0 Å². The summed E-state index contributed by atoms with van der Waals surface area (Å²) in [6.07, 6.45) is 0. The van der Waals surface area contributed by atoms with Gasteiger partial charge in [0.05, 0.1) is 26.1 Å². The third-order valence-electron chi connectivity index (χ3n) is 4.52. The topological polar surface area (TPSA) is 118 Å². The number of amides is 1. The zero-order valence-corrected chi connectivity index (χ0v) is 19.0. The lowest BCUT2D eigenvalue weighted by molar-refractivity contribution is -0.384. The van der Waals surface area contributed by atoms with Gasteiger partial charge in [-0.1, -0.05) is 41.4 Å². The van der Waals surface area contributed by atoms with Crippen LogP contribution in [0.25, 0.3) is 0 Å². The molecule has 0 aliphatic heterocycles. The number of nitro groups is 1. The van der Waals surface area contributed by atoms with Crippen LogP contribution in [0.1, 0.15) is 21.5 Å². The van der Waals surface area contributed by atoms with Gasteiger partial charge in [0.25, 0.3) is 21.6 Å². The fourth-order valence-corrected chi connectivity index (χ4v) is 4.19. The van der Waals surface area contributed by atoms with Crippen LogP contribution in [0.2, 0.25) is 10.0 Å². The number of non-ortho nitro benzene ring substituents is 1. The minimum Gasteiger partial charge on any atom is -0.348 e. The maximum absolute atomic E-state index is 12.8. The largest absolute Gasteiger partial charge is 0.348 e. The zero-order chi connectivity index (χ0) is 23.5. The number of carbonyl (C=O) groups excluding carboxylic acids is 1. The van der Waals surface area contributed by atoms with Crippen LogP contribution < -0.4 is 10.0 Å². The molecule has 32 heavy (non-hydrogen) atoms. The third-order valence-corrected chi connectivity index (χ3v) is 6.63. The molecule has 2 N–H and O–H groups in total. The molecule has 1 amide bonds. The molecule has 0 aliphatic rings. The van der Waals surface area contributed by atoms with E-state index in [4.69, 9.17) is 23.2 Å². The highest BCUT2D eigenvalue weighted by molar-refractivity contribution is 7.92. The van der Waals surface area contributed by atoms with Gasteiger partial charge in [-0.2, -0.15) is 0 Å². The number of rotatable bonds is 7. The molecular formula is C21H17Cl2N3O5S. The molecule has 0 radical (unpaired) electrons. The molecule has 0 atom stereocenters. The summed E-state index contributed by atoms with van der Waals surface area (Å²) < 4.78 is 28.0. The van der Waals surface area contributed by atoms with Crippen LogP contribution in [-0.2, 0) is 16.6 Å². The fraction of sp³-hybridized carbons (Fsp3) is 0.0952. The minimum atomic E-state index is -4.01. The van der Waals surface area contributed by atoms with E-state index in [9.17, 15) is 23.3 Å². The molecule has 166 valence electrons. The van der Waals surface area contributed by atoms with E-state index < -0.39 is 20.9 Å². The van der Waals surface area contributed by atoms with Crippen LogP contribution in [0.5, 0.6) is 0 Å². The van der Waals surface area contributed by atoms with Crippen molar-refractivity contribution in [2.24, 2.45) is 0 Å². The number of aryl methyl sites for hydroxylation is 1. The van der Waals surface area contributed by atoms with Gasteiger partial charge in [-0.25, -0.2) is 8.42 Å². The van der Waals surface area contributed by atoms with Gasteiger partial charge >= 0.3 is 0 Å². The fourth-order valence-electron chi connectivity index (χ4n) is 2.73. The number of carbonyl (C=O) groups is 1. The summed E-state index contributed by atoms with van der Waals surface area (Å²) in [4.78, 5) is 22.6. The Morgan fingerprint density at radius 2 is 1.69 bits per heavy atom. The van der Waals surface area contributed by atoms with Crippen molar-refractivity contribution in [1.29, 1.82) is 0 Å². The molecule has 0 bridgehead atoms. The van der Waals surface area contributed by atoms with E-state index in [1.165, 1.54) is 48.5 Å². The number of anilines is 1. The van der Waals surface area contributed by atoms with Crippen LogP contribution in [0.15, 0.2) is 65.6 Å². The first-order valence-electron chi connectivity index (χ1n) is 9.17. The Morgan fingerprint density at radius 3 is 2.31 bits per heavy atom. The molecule has 3 aromatic rings. The number of sulfonamides is 1. The monoisotopic (exact) mass is 493 g/mol. The molecule has 8 nitrogen and oxygen atoms in total. The second-order valence-corrected chi connectivity index (χ2v) is 9.31. The first kappa shape index (κ1) is 23.5. The van der Waals surface area contributed by atoms with Gasteiger partial charge in [-0.3, -0.25) is 19.6 Å². The molecule has 0 aliphatic carbocycles. The van der Waals surface area contributed by atoms with E-state index in [0.717, 1.165) is 5.56 Å². The van der Waals surface area contributed by atoms with Gasteiger partial charge in [0.1, 0.15) is 0 Å². The van der Waals surface area contributed by atoms with Gasteiger partial charge < -0.3 is 5.32 Å². The summed E-state index contributed by atoms with van der Waals surface area (Å²) in [6, 6.07) is 14.2. The Balaban J connectivity index is 1.77. The Hall–Kier alpha value is -3.14. The molecule has 0 saturated carbocycles. The van der Waals surface area contributed by atoms with Crippen LogP contribution in [0.3, 0.4) is 0 Å². The highest BCUT2D eigenvalue weighted by atomic mass is 35.5. The molecule has 3 rings (SSSR count). The standard InChI is InChI=1S/C21H17Cl2N3O5S/c1-13-2-5-15(10-20(13)23)25-32(30,31)17-8-9-19(22)18(11-17)21(27)24-12-14-3-6-16(7-4-14)26(28)29/h2-11,25H,12H2,1H3,(H,24,27). The summed E-state index contributed by atoms with van der Waals surface area (Å²) in [5.41, 5.74) is 1.61. The summed E-state index contributed by atoms with van der Waals surface area (Å²) >= 11 is 12.2. The number of nitro benzene ring substituents is 1. The van der Waals surface area contributed by atoms with Crippen molar-refractivity contribution in [3.8, 4) is 0 Å². The van der Waals surface area contributed by atoms with Gasteiger partial charge in [-0.05, 0) is 48.4 Å². The minimum absolute atomic E-state index is 0.0293. The maximum atomic E-state index is 12.8. The van der Waals surface area contributed by atoms with Crippen molar-refractivity contribution in [1.82, 2.24) is 5.32 Å². The van der Waals surface area contributed by atoms with Crippen LogP contribution in [-0.4, -0.2) is 19.2 Å². The molecule has 0 aromatic heterocycles. The van der Waals surface area contributed by atoms with Crippen molar-refractivity contribution in [3.63, 3.8) is 0 Å². The smallest absolute Gasteiger partial charge is 0.269 e. The number of nitrogens with one attached hydrogen (secondary N) is 2. The first-order chi connectivity index (χ1) is 15.1. The lowest BCUT2D eigenvalue weighted by Gasteiger charge is -2.12. The number of hydrogen-bond acceptors (Lipinski definition) is 5. The van der Waals surface area contributed by atoms with E-state index in [0.29, 0.717) is 10.6 Å². The Labute approximate surface area is 194 Å². The average molecular weight is 494 g/mol. The first-order valence-corrected chi connectivity index (χ1v) is 11.4. The van der Waals surface area contributed by atoms with E-state index in [-0.39, 0.29) is 33.4 Å². The average Bonchev–Trinajstić information content (AvgIpc) is 2.75. The SMILES string of the molecule is Cc1ccc(NS(=O)(=O)c2ccc(Cl)c(C(=O)NCc3ccc([N+](=O)[O-])cc3)c2)cc1Cl. The quantitative estimate of drug-likeness (QED) is 0.356. The molecule has 0 unspecified atom stereocenters. The zero-order valence-electron chi connectivity index (χ0n) is 16.6. The molecule has 0 spiro atoms. The lowest BCUT2D eigenvalue weighted by atomic mass is 10.2. The van der Waals surface area contributed by atoms with Crippen molar-refractivity contribution in [3.05, 3.63) is 97.5 Å². The maximum Gasteiger partial charge on any atom is 0.269 e. The normalized spacial score (nSPS) is 11.1. The Kier molecular flexibility index (Phi) is 7.02. The van der Waals surface area contributed by atoms with Gasteiger partial charge in [-0.15, -0.1) is 0 Å². The Bertz CT molecular complexity index is 1300. The van der Waals surface area contributed by atoms with Crippen LogP contribution >= 0.6 is 23.2 Å². The number of halogens is 2. The molecule has 11 heteroatoms. The second kappa shape index (κ2) is 9.56. The summed E-state index contributed by atoms with van der Waals surface area (Å²) in [5.74, 6) is -0.594. The second-order valence-electron chi connectivity index (χ2n) is 6.82. The van der Waals surface area contributed by atoms with Crippen molar-refractivity contribution in [2.45, 2.75) is 18.4 Å². The number of nitrogens with zero attached hydrogens (tertiary/aromatic N) is 1. The van der Waals surface area contributed by atoms with Crippen LogP contribution in [0.4, 0.5) is 11.4 Å². The summed E-state index contributed by atoms with van der Waals surface area (Å²) in [6.45, 7) is 1.87. The molecule has 0 fully saturated rings. The predicted molar refractivity (Wildman–Crippen MR) is 123 cm³/mol. The van der Waals surface area contributed by atoms with E-state index in [1.54, 1.807) is 19.1 Å².